The summed E-state index contributed by atoms with van der Waals surface area (Å²) in [5.74, 6) is -9.74. The van der Waals surface area contributed by atoms with Gasteiger partial charge in [-0.1, -0.05) is 13.8 Å². The number of aliphatic carboxylic acids is 3. The lowest BCUT2D eigenvalue weighted by Gasteiger charge is -2.26. The zero-order chi connectivity index (χ0) is 37.0. The van der Waals surface area contributed by atoms with Crippen LogP contribution in [0.15, 0.2) is 5.22 Å². The lowest BCUT2D eigenvalue weighted by atomic mass is 10.0. The minimum Gasteiger partial charge on any atom is -0.481 e. The third-order valence-electron chi connectivity index (χ3n) is 6.41. The molecule has 0 radical (unpaired) electrons. The molecular formula is C26H44N10O11S. The monoisotopic (exact) mass is 704 g/mol. The van der Waals surface area contributed by atoms with E-state index in [1.54, 1.807) is 13.8 Å². The molecule has 0 saturated heterocycles. The summed E-state index contributed by atoms with van der Waals surface area (Å²) in [6, 6.07) is -8.72. The third kappa shape index (κ3) is 17.8. The van der Waals surface area contributed by atoms with Crippen LogP contribution >= 0.6 is 12.6 Å². The van der Waals surface area contributed by atoms with Crippen LogP contribution in [-0.4, -0.2) is 111 Å². The lowest BCUT2D eigenvalue weighted by molar-refractivity contribution is -0.145. The molecule has 0 bridgehead atoms. The van der Waals surface area contributed by atoms with Gasteiger partial charge in [0.15, 0.2) is 0 Å². The first-order valence-corrected chi connectivity index (χ1v) is 15.4. The maximum atomic E-state index is 13.2. The van der Waals surface area contributed by atoms with Crippen molar-refractivity contribution in [3.8, 4) is 0 Å². The first kappa shape index (κ1) is 43.2. The quantitative estimate of drug-likeness (QED) is 0.0126. The Morgan fingerprint density at radius 3 is 1.65 bits per heavy atom. The number of unbranched alkanes of at least 4 members (excludes halogenated alkanes) is 1. The number of hydrogen-bond acceptors (Lipinski definition) is 11. The Hall–Kier alpha value is -4.82. The predicted octanol–water partition coefficient (Wildman–Crippen LogP) is -2.25. The molecule has 0 saturated carbocycles. The van der Waals surface area contributed by atoms with E-state index in [0.717, 1.165) is 0 Å². The van der Waals surface area contributed by atoms with E-state index in [9.17, 15) is 53.7 Å². The molecule has 270 valence electrons. The van der Waals surface area contributed by atoms with Gasteiger partial charge in [0.2, 0.25) is 29.5 Å². The second kappa shape index (κ2) is 22.7. The van der Waals surface area contributed by atoms with E-state index in [2.05, 4.69) is 54.8 Å². The zero-order valence-electron chi connectivity index (χ0n) is 26.7. The summed E-state index contributed by atoms with van der Waals surface area (Å²) < 4.78 is 0. The van der Waals surface area contributed by atoms with E-state index in [4.69, 9.17) is 11.3 Å². The van der Waals surface area contributed by atoms with E-state index >= 15 is 0 Å². The van der Waals surface area contributed by atoms with Gasteiger partial charge in [-0.05, 0) is 43.7 Å². The van der Waals surface area contributed by atoms with Gasteiger partial charge in [0.05, 0.1) is 25.4 Å². The van der Waals surface area contributed by atoms with Gasteiger partial charge in [-0.15, -0.1) is 5.53 Å². The van der Waals surface area contributed by atoms with Crippen molar-refractivity contribution in [3.63, 3.8) is 0 Å². The predicted molar refractivity (Wildman–Crippen MR) is 170 cm³/mol. The smallest absolute Gasteiger partial charge is 0.326 e. The summed E-state index contributed by atoms with van der Waals surface area (Å²) >= 11 is 3.91. The molecule has 11 N–H and O–H groups in total. The average molecular weight is 705 g/mol. The second-order valence-electron chi connectivity index (χ2n) is 11.0. The van der Waals surface area contributed by atoms with Crippen LogP contribution in [0.4, 0.5) is 0 Å². The summed E-state index contributed by atoms with van der Waals surface area (Å²) in [7, 11) is 0. The molecule has 0 spiro atoms. The highest BCUT2D eigenvalue weighted by Gasteiger charge is 2.34. The third-order valence-corrected chi connectivity index (χ3v) is 6.80. The minimum atomic E-state index is -1.88. The zero-order valence-corrected chi connectivity index (χ0v) is 27.6. The Balaban J connectivity index is 5.84. The maximum absolute atomic E-state index is 13.2. The molecule has 0 aromatic heterocycles. The van der Waals surface area contributed by atoms with Gasteiger partial charge in [0.1, 0.15) is 30.2 Å². The molecule has 6 atom stereocenters. The SMILES string of the molecule is CC(C)C[C@H](NC(=O)[C@H](C)NC(=O)[C@@H](N)CS)C(=O)N[C@@H](CC(=O)O)C(=O)N[C@@H](CC(=O)O)C(=O)N[C@@H](CCCCNN=[N+]=[N-])C(=O)O. The van der Waals surface area contributed by atoms with Gasteiger partial charge >= 0.3 is 17.9 Å². The average Bonchev–Trinajstić information content (AvgIpc) is 2.99. The Morgan fingerprint density at radius 2 is 1.21 bits per heavy atom. The molecule has 0 aromatic rings. The topological polar surface area (TPSA) is 344 Å². The lowest BCUT2D eigenvalue weighted by Crippen LogP contribution is -2.59. The standard InChI is InChI=1S/C26H44N10O11S/c1-12(2)8-16(32-21(41)13(3)30-22(42)14(27)11-48)23(43)33-18(10-20(39)40)25(45)34-17(9-19(37)38)24(44)31-15(26(46)47)6-4-5-7-29-36-35-28/h12-18,29,48H,4-11,27H2,1-3H3,(H,30,42)(H,31,44)(H,32,41)(H,33,43)(H,34,45)(H,37,38)(H,39,40)(H,46,47)/t13-,14-,15-,16-,17-,18-/m0/s1. The second-order valence-corrected chi connectivity index (χ2v) is 11.4. The number of azide groups is 1. The molecule has 22 heteroatoms. The van der Waals surface area contributed by atoms with Crippen LogP contribution in [-0.2, 0) is 38.4 Å². The van der Waals surface area contributed by atoms with Crippen molar-refractivity contribution in [3.05, 3.63) is 10.4 Å². The fraction of sp³-hybridized carbons (Fsp3) is 0.692. The van der Waals surface area contributed by atoms with Crippen LogP contribution < -0.4 is 37.7 Å². The van der Waals surface area contributed by atoms with Gasteiger partial charge in [0, 0.05) is 5.75 Å². The van der Waals surface area contributed by atoms with Crippen LogP contribution in [0.2, 0.25) is 0 Å². The number of nitrogens with one attached hydrogen (secondary N) is 6. The van der Waals surface area contributed by atoms with Crippen LogP contribution in [0, 0.1) is 5.92 Å². The molecule has 0 aliphatic rings. The molecule has 0 rings (SSSR count). The number of carboxylic acid groups (broad SMARTS) is 3. The van der Waals surface area contributed by atoms with Gasteiger partial charge in [0.25, 0.3) is 0 Å². The number of carbonyl (C=O) groups excluding carboxylic acids is 5. The highest BCUT2D eigenvalue weighted by atomic mass is 32.1. The van der Waals surface area contributed by atoms with Crippen LogP contribution in [0.25, 0.3) is 10.4 Å². The number of amides is 5. The molecule has 0 aliphatic carbocycles. The van der Waals surface area contributed by atoms with E-state index in [0.29, 0.717) is 6.42 Å². The summed E-state index contributed by atoms with van der Waals surface area (Å²) in [5.41, 5.74) is 16.2. The van der Waals surface area contributed by atoms with E-state index in [-0.39, 0.29) is 37.5 Å². The number of rotatable bonds is 24. The first-order valence-electron chi connectivity index (χ1n) is 14.7. The van der Waals surface area contributed by atoms with Crippen molar-refractivity contribution in [2.24, 2.45) is 16.9 Å². The fourth-order valence-corrected chi connectivity index (χ4v) is 4.11. The largest absolute Gasteiger partial charge is 0.481 e. The Kier molecular flexibility index (Phi) is 20.4. The Morgan fingerprint density at radius 1 is 0.729 bits per heavy atom. The molecule has 0 unspecified atom stereocenters. The number of carboxylic acids is 3. The summed E-state index contributed by atoms with van der Waals surface area (Å²) in [6.07, 6.45) is -1.57. The van der Waals surface area contributed by atoms with Gasteiger partial charge in [-0.2, -0.15) is 17.5 Å². The first-order chi connectivity index (χ1) is 22.4. The molecule has 0 aliphatic heterocycles. The van der Waals surface area contributed by atoms with Crippen molar-refractivity contribution >= 4 is 60.1 Å². The molecule has 48 heavy (non-hydrogen) atoms. The van der Waals surface area contributed by atoms with Crippen LogP contribution in [0.1, 0.15) is 59.3 Å². The van der Waals surface area contributed by atoms with Crippen molar-refractivity contribution in [1.82, 2.24) is 32.0 Å². The number of nitrogens with two attached hydrogens (primary N) is 1. The summed E-state index contributed by atoms with van der Waals surface area (Å²) in [4.78, 5) is 101. The molecular weight excluding hydrogens is 660 g/mol. The van der Waals surface area contributed by atoms with E-state index in [1.165, 1.54) is 6.92 Å². The van der Waals surface area contributed by atoms with Crippen molar-refractivity contribution < 1.29 is 53.7 Å². The molecule has 0 aromatic carbocycles. The highest BCUT2D eigenvalue weighted by molar-refractivity contribution is 7.80. The van der Waals surface area contributed by atoms with Crippen molar-refractivity contribution in [2.75, 3.05) is 12.3 Å². The van der Waals surface area contributed by atoms with E-state index < -0.39 is 96.5 Å². The van der Waals surface area contributed by atoms with Gasteiger partial charge in [-0.3, -0.25) is 39.0 Å². The molecule has 0 fully saturated rings. The minimum absolute atomic E-state index is 0.000118. The Labute approximate surface area is 280 Å². The summed E-state index contributed by atoms with van der Waals surface area (Å²) in [6.45, 7) is 4.96. The number of thiol groups is 1. The Bertz CT molecular complexity index is 1220. The molecule has 0 heterocycles. The number of hydrogen-bond donors (Lipinski definition) is 11. The van der Waals surface area contributed by atoms with E-state index in [1.807, 2.05) is 0 Å². The van der Waals surface area contributed by atoms with Crippen LogP contribution in [0.3, 0.4) is 0 Å². The molecule has 21 nitrogen and oxygen atoms in total. The molecule has 5 amide bonds. The normalized spacial score (nSPS) is 14.4. The fourth-order valence-electron chi connectivity index (χ4n) is 3.94. The van der Waals surface area contributed by atoms with Gasteiger partial charge < -0.3 is 47.6 Å². The van der Waals surface area contributed by atoms with Crippen molar-refractivity contribution in [1.29, 1.82) is 0 Å². The van der Waals surface area contributed by atoms with Crippen molar-refractivity contribution in [2.45, 2.75) is 95.5 Å². The highest BCUT2D eigenvalue weighted by Crippen LogP contribution is 2.08. The summed E-state index contributed by atoms with van der Waals surface area (Å²) in [5, 5.41) is 42.5. The van der Waals surface area contributed by atoms with Gasteiger partial charge in [-0.25, -0.2) is 4.79 Å². The number of carbonyl (C=O) groups is 8. The number of nitrogens with zero attached hydrogens (tertiary/aromatic N) is 3. The maximum Gasteiger partial charge on any atom is 0.326 e. The van der Waals surface area contributed by atoms with Crippen LogP contribution in [0.5, 0.6) is 0 Å².